The number of hydrogen-bond donors (Lipinski definition) is 3. The molecule has 8 heteroatoms. The molecule has 0 aromatic carbocycles. The normalized spacial score (nSPS) is 10.8. The first kappa shape index (κ1) is 16.1. The first-order valence-electron chi connectivity index (χ1n) is 7.55. The Balaban J connectivity index is 1.81. The van der Waals surface area contributed by atoms with E-state index in [4.69, 9.17) is 0 Å². The first-order chi connectivity index (χ1) is 11.6. The van der Waals surface area contributed by atoms with E-state index in [1.54, 1.807) is 6.20 Å². The van der Waals surface area contributed by atoms with Gasteiger partial charge in [-0.2, -0.15) is 0 Å². The van der Waals surface area contributed by atoms with Crippen LogP contribution in [-0.4, -0.2) is 33.3 Å². The van der Waals surface area contributed by atoms with Crippen LogP contribution in [0.5, 0.6) is 0 Å². The van der Waals surface area contributed by atoms with Crippen LogP contribution in [0.4, 0.5) is 5.13 Å². The number of aryl methyl sites for hydroxylation is 1. The van der Waals surface area contributed by atoms with E-state index in [9.17, 15) is 9.59 Å². The van der Waals surface area contributed by atoms with E-state index in [0.717, 1.165) is 27.2 Å². The number of hydrogen-bond acceptors (Lipinski definition) is 5. The molecule has 0 saturated carbocycles. The van der Waals surface area contributed by atoms with Crippen LogP contribution in [0.15, 0.2) is 24.5 Å². The fourth-order valence-electron chi connectivity index (χ4n) is 2.42. The van der Waals surface area contributed by atoms with E-state index in [1.807, 2.05) is 32.2 Å². The Morgan fingerprint density at radius 1 is 1.33 bits per heavy atom. The number of fused-ring (bicyclic) bond motifs is 1. The second kappa shape index (κ2) is 6.79. The fourth-order valence-corrected chi connectivity index (χ4v) is 3.26. The lowest BCUT2D eigenvalue weighted by atomic mass is 10.1. The van der Waals surface area contributed by atoms with Crippen molar-refractivity contribution in [2.24, 2.45) is 0 Å². The first-order valence-corrected chi connectivity index (χ1v) is 8.36. The monoisotopic (exact) mass is 343 g/mol. The standard InChI is InChI=1S/C16H17N5O2S/c1-3-17-12(22)7-13(23)20-16-21-14(9(2)24-16)11-8-19-15-10(11)5-4-6-18-15/h4-6,8H,3,7H2,1-2H3,(H,17,22)(H,18,19)(H,20,21,23). The largest absolute Gasteiger partial charge is 0.356 e. The average Bonchev–Trinajstić information content (AvgIpc) is 3.10. The zero-order valence-corrected chi connectivity index (χ0v) is 14.2. The van der Waals surface area contributed by atoms with Gasteiger partial charge in [-0.25, -0.2) is 9.97 Å². The molecular formula is C16H17N5O2S. The summed E-state index contributed by atoms with van der Waals surface area (Å²) in [6.45, 7) is 4.26. The molecule has 3 N–H and O–H groups in total. The third-order valence-corrected chi connectivity index (χ3v) is 4.33. The molecular weight excluding hydrogens is 326 g/mol. The minimum absolute atomic E-state index is 0.210. The molecule has 7 nitrogen and oxygen atoms in total. The molecule has 0 aliphatic carbocycles. The summed E-state index contributed by atoms with van der Waals surface area (Å²) < 4.78 is 0. The highest BCUT2D eigenvalue weighted by molar-refractivity contribution is 7.16. The van der Waals surface area contributed by atoms with Crippen molar-refractivity contribution in [2.75, 3.05) is 11.9 Å². The van der Waals surface area contributed by atoms with Gasteiger partial charge in [0.15, 0.2) is 5.13 Å². The minimum atomic E-state index is -0.373. The summed E-state index contributed by atoms with van der Waals surface area (Å²) in [4.78, 5) is 36.2. The second-order valence-electron chi connectivity index (χ2n) is 5.20. The fraction of sp³-hybridized carbons (Fsp3) is 0.250. The molecule has 0 bridgehead atoms. The smallest absolute Gasteiger partial charge is 0.235 e. The highest BCUT2D eigenvalue weighted by Gasteiger charge is 2.16. The predicted molar refractivity (Wildman–Crippen MR) is 93.9 cm³/mol. The van der Waals surface area contributed by atoms with E-state index >= 15 is 0 Å². The van der Waals surface area contributed by atoms with Gasteiger partial charge in [0.05, 0.1) is 5.69 Å². The maximum Gasteiger partial charge on any atom is 0.235 e. The minimum Gasteiger partial charge on any atom is -0.356 e. The molecule has 3 rings (SSSR count). The quantitative estimate of drug-likeness (QED) is 0.620. The summed E-state index contributed by atoms with van der Waals surface area (Å²) >= 11 is 1.38. The molecule has 0 spiro atoms. The van der Waals surface area contributed by atoms with Crippen LogP contribution in [0.2, 0.25) is 0 Å². The van der Waals surface area contributed by atoms with Crippen LogP contribution >= 0.6 is 11.3 Å². The Hall–Kier alpha value is -2.74. The number of aromatic nitrogens is 3. The summed E-state index contributed by atoms with van der Waals surface area (Å²) in [7, 11) is 0. The molecule has 0 aliphatic heterocycles. The van der Waals surface area contributed by atoms with E-state index in [2.05, 4.69) is 25.6 Å². The Morgan fingerprint density at radius 3 is 2.96 bits per heavy atom. The molecule has 124 valence electrons. The number of nitrogens with one attached hydrogen (secondary N) is 3. The highest BCUT2D eigenvalue weighted by atomic mass is 32.1. The van der Waals surface area contributed by atoms with Gasteiger partial charge in [0.25, 0.3) is 0 Å². The van der Waals surface area contributed by atoms with Crippen molar-refractivity contribution < 1.29 is 9.59 Å². The second-order valence-corrected chi connectivity index (χ2v) is 6.41. The number of H-pyrrole nitrogens is 1. The molecule has 0 radical (unpaired) electrons. The van der Waals surface area contributed by atoms with Crippen LogP contribution in [0, 0.1) is 6.92 Å². The van der Waals surface area contributed by atoms with Crippen LogP contribution in [0.25, 0.3) is 22.3 Å². The van der Waals surface area contributed by atoms with Gasteiger partial charge in [-0.05, 0) is 26.0 Å². The summed E-state index contributed by atoms with van der Waals surface area (Å²) in [6.07, 6.45) is 3.38. The maximum atomic E-state index is 11.9. The van der Waals surface area contributed by atoms with Gasteiger partial charge in [0, 0.05) is 34.8 Å². The maximum absolute atomic E-state index is 11.9. The van der Waals surface area contributed by atoms with Crippen LogP contribution in [-0.2, 0) is 9.59 Å². The number of carbonyl (C=O) groups excluding carboxylic acids is 2. The molecule has 3 aromatic rings. The Labute approximate surface area is 142 Å². The van der Waals surface area contributed by atoms with Gasteiger partial charge in [0.1, 0.15) is 12.1 Å². The zero-order chi connectivity index (χ0) is 17.1. The molecule has 3 aromatic heterocycles. The number of thiazole rings is 1. The predicted octanol–water partition coefficient (Wildman–Crippen LogP) is 2.46. The van der Waals surface area contributed by atoms with E-state index in [0.29, 0.717) is 11.7 Å². The van der Waals surface area contributed by atoms with E-state index < -0.39 is 0 Å². The third-order valence-electron chi connectivity index (χ3n) is 3.44. The van der Waals surface area contributed by atoms with Gasteiger partial charge in [0.2, 0.25) is 11.8 Å². The van der Waals surface area contributed by atoms with Crippen molar-refractivity contribution >= 4 is 39.3 Å². The lowest BCUT2D eigenvalue weighted by Gasteiger charge is -2.01. The number of rotatable bonds is 5. The Bertz CT molecular complexity index is 899. The number of anilines is 1. The van der Waals surface area contributed by atoms with Crippen molar-refractivity contribution in [1.82, 2.24) is 20.3 Å². The molecule has 0 fully saturated rings. The molecule has 2 amide bonds. The van der Waals surface area contributed by atoms with Gasteiger partial charge < -0.3 is 15.6 Å². The number of nitrogens with zero attached hydrogens (tertiary/aromatic N) is 2. The number of amides is 2. The molecule has 3 heterocycles. The Morgan fingerprint density at radius 2 is 2.17 bits per heavy atom. The van der Waals surface area contributed by atoms with Gasteiger partial charge in [-0.15, -0.1) is 11.3 Å². The van der Waals surface area contributed by atoms with Crippen molar-refractivity contribution in [2.45, 2.75) is 20.3 Å². The van der Waals surface area contributed by atoms with Gasteiger partial charge in [-0.3, -0.25) is 9.59 Å². The van der Waals surface area contributed by atoms with Gasteiger partial charge in [-0.1, -0.05) is 0 Å². The van der Waals surface area contributed by atoms with Crippen molar-refractivity contribution in [3.05, 3.63) is 29.4 Å². The summed E-state index contributed by atoms with van der Waals surface area (Å²) in [5.74, 6) is -0.673. The lowest BCUT2D eigenvalue weighted by molar-refractivity contribution is -0.126. The van der Waals surface area contributed by atoms with Crippen LogP contribution in [0.3, 0.4) is 0 Å². The third kappa shape index (κ3) is 3.28. The molecule has 0 aliphatic rings. The van der Waals surface area contributed by atoms with E-state index in [-0.39, 0.29) is 18.2 Å². The number of pyridine rings is 1. The summed E-state index contributed by atoms with van der Waals surface area (Å²) in [6, 6.07) is 3.84. The van der Waals surface area contributed by atoms with Gasteiger partial charge >= 0.3 is 0 Å². The van der Waals surface area contributed by atoms with Crippen LogP contribution in [0.1, 0.15) is 18.2 Å². The summed E-state index contributed by atoms with van der Waals surface area (Å²) in [5, 5.41) is 6.74. The topological polar surface area (TPSA) is 99.8 Å². The Kier molecular flexibility index (Phi) is 4.57. The van der Waals surface area contributed by atoms with E-state index in [1.165, 1.54) is 11.3 Å². The molecule has 0 unspecified atom stereocenters. The average molecular weight is 343 g/mol. The lowest BCUT2D eigenvalue weighted by Crippen LogP contribution is -2.27. The molecule has 0 saturated heterocycles. The van der Waals surface area contributed by atoms with Crippen molar-refractivity contribution in [1.29, 1.82) is 0 Å². The number of aromatic amines is 1. The zero-order valence-electron chi connectivity index (χ0n) is 13.3. The molecule has 24 heavy (non-hydrogen) atoms. The van der Waals surface area contributed by atoms with Crippen molar-refractivity contribution in [3.8, 4) is 11.3 Å². The van der Waals surface area contributed by atoms with Crippen molar-refractivity contribution in [3.63, 3.8) is 0 Å². The summed E-state index contributed by atoms with van der Waals surface area (Å²) in [5.41, 5.74) is 2.53. The molecule has 0 atom stereocenters. The number of carbonyl (C=O) groups is 2. The highest BCUT2D eigenvalue weighted by Crippen LogP contribution is 2.34. The SMILES string of the molecule is CCNC(=O)CC(=O)Nc1nc(-c2c[nH]c3ncccc23)c(C)s1. The van der Waals surface area contributed by atoms with Crippen LogP contribution < -0.4 is 10.6 Å².